The zero-order valence-corrected chi connectivity index (χ0v) is 10.1. The predicted octanol–water partition coefficient (Wildman–Crippen LogP) is 1.57. The molecule has 1 aromatic rings. The van der Waals surface area contributed by atoms with Crippen LogP contribution in [0.4, 0.5) is 0 Å². The molecule has 0 aliphatic carbocycles. The van der Waals surface area contributed by atoms with Crippen LogP contribution < -0.4 is 0 Å². The zero-order valence-electron chi connectivity index (χ0n) is 10.1. The van der Waals surface area contributed by atoms with Crippen LogP contribution in [0.5, 0.6) is 0 Å². The maximum absolute atomic E-state index is 10.9. The van der Waals surface area contributed by atoms with Crippen molar-refractivity contribution in [2.24, 2.45) is 0 Å². The topological polar surface area (TPSA) is 73.9 Å². The number of furan rings is 1. The van der Waals surface area contributed by atoms with Gasteiger partial charge in [0.2, 0.25) is 0 Å². The summed E-state index contributed by atoms with van der Waals surface area (Å²) in [6.07, 6.45) is 3.46. The summed E-state index contributed by atoms with van der Waals surface area (Å²) in [4.78, 5) is 12.9. The number of rotatable bonds is 8. The van der Waals surface area contributed by atoms with Gasteiger partial charge in [-0.25, -0.2) is 4.79 Å². The number of aromatic carboxylic acids is 1. The fourth-order valence-corrected chi connectivity index (χ4v) is 1.65. The van der Waals surface area contributed by atoms with E-state index in [0.29, 0.717) is 18.8 Å². The number of carboxylic acid groups (broad SMARTS) is 1. The number of hydrogen-bond donors (Lipinski definition) is 2. The number of aliphatic hydroxyl groups is 1. The molecule has 0 radical (unpaired) electrons. The highest BCUT2D eigenvalue weighted by atomic mass is 16.4. The summed E-state index contributed by atoms with van der Waals surface area (Å²) in [7, 11) is 0. The van der Waals surface area contributed by atoms with Gasteiger partial charge in [-0.3, -0.25) is 4.90 Å². The van der Waals surface area contributed by atoms with E-state index in [4.69, 9.17) is 14.6 Å². The normalized spacial score (nSPS) is 11.0. The minimum absolute atomic E-state index is 0.0623. The standard InChI is InChI=1S/C12H19NO4/c1-2-3-5-13(6-7-14)9-11-10(12(15)16)4-8-17-11/h4,8,14H,2-3,5-7,9H2,1H3,(H,15,16). The van der Waals surface area contributed by atoms with E-state index in [1.807, 2.05) is 4.90 Å². The number of hydrogen-bond acceptors (Lipinski definition) is 4. The fourth-order valence-electron chi connectivity index (χ4n) is 1.65. The van der Waals surface area contributed by atoms with Gasteiger partial charge < -0.3 is 14.6 Å². The molecule has 17 heavy (non-hydrogen) atoms. The molecule has 0 aromatic carbocycles. The van der Waals surface area contributed by atoms with Crippen LogP contribution in [0, 0.1) is 0 Å². The molecule has 1 aromatic heterocycles. The quantitative estimate of drug-likeness (QED) is 0.722. The van der Waals surface area contributed by atoms with E-state index >= 15 is 0 Å². The molecule has 0 bridgehead atoms. The van der Waals surface area contributed by atoms with E-state index in [1.54, 1.807) is 0 Å². The summed E-state index contributed by atoms with van der Waals surface area (Å²) < 4.78 is 5.18. The van der Waals surface area contributed by atoms with Gasteiger partial charge in [0, 0.05) is 6.54 Å². The van der Waals surface area contributed by atoms with Gasteiger partial charge in [-0.15, -0.1) is 0 Å². The Hall–Kier alpha value is -1.33. The summed E-state index contributed by atoms with van der Waals surface area (Å²) in [6, 6.07) is 1.45. The van der Waals surface area contributed by atoms with Gasteiger partial charge in [-0.1, -0.05) is 13.3 Å². The first-order valence-electron chi connectivity index (χ1n) is 5.82. The highest BCUT2D eigenvalue weighted by Gasteiger charge is 2.16. The third kappa shape index (κ3) is 4.20. The lowest BCUT2D eigenvalue weighted by atomic mass is 10.2. The molecule has 0 amide bonds. The van der Waals surface area contributed by atoms with Gasteiger partial charge in [-0.05, 0) is 19.0 Å². The average molecular weight is 241 g/mol. The van der Waals surface area contributed by atoms with Crippen LogP contribution in [-0.2, 0) is 6.54 Å². The first-order chi connectivity index (χ1) is 8.19. The third-order valence-corrected chi connectivity index (χ3v) is 2.59. The van der Waals surface area contributed by atoms with E-state index in [0.717, 1.165) is 19.4 Å². The number of carboxylic acids is 1. The molecule has 0 aliphatic heterocycles. The van der Waals surface area contributed by atoms with Crippen LogP contribution >= 0.6 is 0 Å². The van der Waals surface area contributed by atoms with Crippen molar-refractivity contribution in [1.82, 2.24) is 4.90 Å². The summed E-state index contributed by atoms with van der Waals surface area (Å²) >= 11 is 0. The Morgan fingerprint density at radius 3 is 2.82 bits per heavy atom. The first kappa shape index (κ1) is 13.7. The minimum atomic E-state index is -0.979. The maximum Gasteiger partial charge on any atom is 0.339 e. The van der Waals surface area contributed by atoms with Crippen LogP contribution in [0.2, 0.25) is 0 Å². The van der Waals surface area contributed by atoms with E-state index in [9.17, 15) is 4.79 Å². The molecule has 2 N–H and O–H groups in total. The predicted molar refractivity (Wildman–Crippen MR) is 62.9 cm³/mol. The molecule has 0 unspecified atom stereocenters. The Morgan fingerprint density at radius 2 is 2.24 bits per heavy atom. The Balaban J connectivity index is 2.64. The molecule has 0 aliphatic rings. The Labute approximate surface area is 101 Å². The lowest BCUT2D eigenvalue weighted by Crippen LogP contribution is -2.28. The van der Waals surface area contributed by atoms with Crippen molar-refractivity contribution in [3.05, 3.63) is 23.7 Å². The van der Waals surface area contributed by atoms with Crippen LogP contribution in [0.15, 0.2) is 16.7 Å². The van der Waals surface area contributed by atoms with Crippen LogP contribution in [0.1, 0.15) is 35.9 Å². The summed E-state index contributed by atoms with van der Waals surface area (Å²) in [5.74, 6) is -0.532. The summed E-state index contributed by atoms with van der Waals surface area (Å²) in [5, 5.41) is 17.9. The van der Waals surface area contributed by atoms with Gasteiger partial charge in [0.25, 0.3) is 0 Å². The van der Waals surface area contributed by atoms with Crippen molar-refractivity contribution in [2.75, 3.05) is 19.7 Å². The van der Waals surface area contributed by atoms with Crippen molar-refractivity contribution in [3.63, 3.8) is 0 Å². The first-order valence-corrected chi connectivity index (χ1v) is 5.82. The van der Waals surface area contributed by atoms with E-state index in [1.165, 1.54) is 12.3 Å². The molecule has 0 saturated heterocycles. The second-order valence-electron chi connectivity index (χ2n) is 3.92. The van der Waals surface area contributed by atoms with E-state index < -0.39 is 5.97 Å². The molecule has 0 spiro atoms. The van der Waals surface area contributed by atoms with Crippen molar-refractivity contribution in [3.8, 4) is 0 Å². The second kappa shape index (κ2) is 7.09. The molecular formula is C12H19NO4. The Kier molecular flexibility index (Phi) is 5.72. The van der Waals surface area contributed by atoms with Crippen molar-refractivity contribution >= 4 is 5.97 Å². The molecule has 1 heterocycles. The molecule has 96 valence electrons. The molecular weight excluding hydrogens is 222 g/mol. The summed E-state index contributed by atoms with van der Waals surface area (Å²) in [6.45, 7) is 3.94. The van der Waals surface area contributed by atoms with Crippen molar-refractivity contribution < 1.29 is 19.4 Å². The molecule has 5 heteroatoms. The second-order valence-corrected chi connectivity index (χ2v) is 3.92. The van der Waals surface area contributed by atoms with Gasteiger partial charge >= 0.3 is 5.97 Å². The van der Waals surface area contributed by atoms with Gasteiger partial charge in [0.1, 0.15) is 11.3 Å². The number of aliphatic hydroxyl groups excluding tert-OH is 1. The Morgan fingerprint density at radius 1 is 1.47 bits per heavy atom. The van der Waals surface area contributed by atoms with Gasteiger partial charge in [0.05, 0.1) is 19.4 Å². The fraction of sp³-hybridized carbons (Fsp3) is 0.583. The smallest absolute Gasteiger partial charge is 0.339 e. The van der Waals surface area contributed by atoms with Crippen molar-refractivity contribution in [2.45, 2.75) is 26.3 Å². The summed E-state index contributed by atoms with van der Waals surface area (Å²) in [5.41, 5.74) is 0.199. The highest BCUT2D eigenvalue weighted by Crippen LogP contribution is 2.13. The number of nitrogens with zero attached hydrogens (tertiary/aromatic N) is 1. The highest BCUT2D eigenvalue weighted by molar-refractivity contribution is 5.88. The third-order valence-electron chi connectivity index (χ3n) is 2.59. The zero-order chi connectivity index (χ0) is 12.7. The molecule has 5 nitrogen and oxygen atoms in total. The lowest BCUT2D eigenvalue weighted by Gasteiger charge is -2.19. The van der Waals surface area contributed by atoms with Crippen molar-refractivity contribution in [1.29, 1.82) is 0 Å². The van der Waals surface area contributed by atoms with E-state index in [2.05, 4.69) is 6.92 Å². The molecule has 1 rings (SSSR count). The lowest BCUT2D eigenvalue weighted by molar-refractivity contribution is 0.0692. The minimum Gasteiger partial charge on any atom is -0.478 e. The molecule has 0 saturated carbocycles. The number of carbonyl (C=O) groups is 1. The van der Waals surface area contributed by atoms with Gasteiger partial charge in [-0.2, -0.15) is 0 Å². The monoisotopic (exact) mass is 241 g/mol. The van der Waals surface area contributed by atoms with E-state index in [-0.39, 0.29) is 12.2 Å². The Bertz CT molecular complexity index is 348. The molecule has 0 fully saturated rings. The maximum atomic E-state index is 10.9. The average Bonchev–Trinajstić information content (AvgIpc) is 2.74. The molecule has 0 atom stereocenters. The van der Waals surface area contributed by atoms with Crippen LogP contribution in [-0.4, -0.2) is 40.8 Å². The SMILES string of the molecule is CCCCN(CCO)Cc1occc1C(=O)O. The van der Waals surface area contributed by atoms with Crippen LogP contribution in [0.3, 0.4) is 0 Å². The van der Waals surface area contributed by atoms with Crippen LogP contribution in [0.25, 0.3) is 0 Å². The number of unbranched alkanes of at least 4 members (excludes halogenated alkanes) is 1. The van der Waals surface area contributed by atoms with Gasteiger partial charge in [0.15, 0.2) is 0 Å². The largest absolute Gasteiger partial charge is 0.478 e.